The Hall–Kier alpha value is -2.00. The number of aromatic nitrogens is 2. The number of rotatable bonds is 5. The van der Waals surface area contributed by atoms with Crippen molar-refractivity contribution < 1.29 is 14.0 Å². The number of benzene rings is 1. The van der Waals surface area contributed by atoms with Crippen LogP contribution in [0.5, 0.6) is 0 Å². The van der Waals surface area contributed by atoms with E-state index in [2.05, 4.69) is 20.8 Å². The van der Waals surface area contributed by atoms with Gasteiger partial charge in [-0.15, -0.1) is 10.2 Å². The zero-order valence-corrected chi connectivity index (χ0v) is 14.5. The first-order chi connectivity index (χ1) is 11.5. The molecule has 2 aromatic rings. The van der Waals surface area contributed by atoms with Crippen LogP contribution >= 0.6 is 23.1 Å². The maximum atomic E-state index is 13.5. The van der Waals surface area contributed by atoms with Crippen molar-refractivity contribution in [2.45, 2.75) is 23.6 Å². The summed E-state index contributed by atoms with van der Waals surface area (Å²) < 4.78 is 14.3. The van der Waals surface area contributed by atoms with Gasteiger partial charge in [-0.05, 0) is 30.7 Å². The lowest BCUT2D eigenvalue weighted by Gasteiger charge is -2.24. The summed E-state index contributed by atoms with van der Waals surface area (Å²) in [5.74, 6) is -0.961. The maximum Gasteiger partial charge on any atom is 0.228 e. The van der Waals surface area contributed by atoms with E-state index in [9.17, 15) is 14.0 Å². The van der Waals surface area contributed by atoms with Crippen molar-refractivity contribution in [2.24, 2.45) is 0 Å². The van der Waals surface area contributed by atoms with Gasteiger partial charge in [0, 0.05) is 24.4 Å². The number of carbonyl (C=O) groups is 2. The van der Waals surface area contributed by atoms with E-state index in [-0.39, 0.29) is 18.2 Å². The van der Waals surface area contributed by atoms with Crippen LogP contribution in [0.4, 0.5) is 10.1 Å². The Morgan fingerprint density at radius 1 is 1.50 bits per heavy atom. The second-order valence-electron chi connectivity index (χ2n) is 5.26. The van der Waals surface area contributed by atoms with Crippen LogP contribution in [-0.2, 0) is 9.59 Å². The third kappa shape index (κ3) is 3.90. The summed E-state index contributed by atoms with van der Waals surface area (Å²) in [5.41, 5.74) is 1.01. The van der Waals surface area contributed by atoms with Gasteiger partial charge in [-0.3, -0.25) is 9.59 Å². The molecule has 6 nitrogen and oxygen atoms in total. The zero-order valence-electron chi connectivity index (χ0n) is 12.8. The highest BCUT2D eigenvalue weighted by Crippen LogP contribution is 2.32. The largest absolute Gasteiger partial charge is 0.355 e. The Morgan fingerprint density at radius 2 is 2.33 bits per heavy atom. The van der Waals surface area contributed by atoms with Gasteiger partial charge in [-0.1, -0.05) is 23.1 Å². The number of fused-ring (bicyclic) bond motifs is 1. The van der Waals surface area contributed by atoms with Crippen molar-refractivity contribution in [3.63, 3.8) is 0 Å². The molecule has 1 atom stereocenters. The number of anilines is 1. The van der Waals surface area contributed by atoms with E-state index in [0.717, 1.165) is 9.35 Å². The number of aryl methyl sites for hydroxylation is 1. The van der Waals surface area contributed by atoms with Gasteiger partial charge >= 0.3 is 0 Å². The molecule has 9 heteroatoms. The highest BCUT2D eigenvalue weighted by atomic mass is 32.2. The van der Waals surface area contributed by atoms with E-state index in [1.807, 2.05) is 6.92 Å². The normalized spacial score (nSPS) is 16.4. The second-order valence-corrected chi connectivity index (χ2v) is 7.79. The molecule has 0 bridgehead atoms. The van der Waals surface area contributed by atoms with Crippen LogP contribution in [0, 0.1) is 12.7 Å². The monoisotopic (exact) mass is 366 g/mol. The summed E-state index contributed by atoms with van der Waals surface area (Å²) >= 11 is 3.01. The molecule has 0 fully saturated rings. The van der Waals surface area contributed by atoms with E-state index in [1.54, 1.807) is 0 Å². The fraction of sp³-hybridized carbons (Fsp3) is 0.333. The molecule has 1 unspecified atom stereocenters. The Labute approximate surface area is 146 Å². The Morgan fingerprint density at radius 3 is 3.08 bits per heavy atom. The van der Waals surface area contributed by atoms with Crippen molar-refractivity contribution in [1.29, 1.82) is 0 Å². The van der Waals surface area contributed by atoms with Crippen LogP contribution in [0.2, 0.25) is 0 Å². The second kappa shape index (κ2) is 7.27. The first kappa shape index (κ1) is 16.8. The number of nitrogens with zero attached hydrogens (tertiary/aromatic N) is 2. The molecule has 0 aliphatic carbocycles. The topological polar surface area (TPSA) is 84.0 Å². The van der Waals surface area contributed by atoms with Crippen molar-refractivity contribution >= 4 is 40.6 Å². The molecule has 0 radical (unpaired) electrons. The van der Waals surface area contributed by atoms with Crippen molar-refractivity contribution in [3.8, 4) is 0 Å². The first-order valence-electron chi connectivity index (χ1n) is 7.33. The Kier molecular flexibility index (Phi) is 5.10. The lowest BCUT2D eigenvalue weighted by molar-refractivity contribution is -0.126. The molecule has 2 amide bonds. The molecule has 0 spiro atoms. The molecule has 24 heavy (non-hydrogen) atoms. The van der Waals surface area contributed by atoms with Gasteiger partial charge in [-0.25, -0.2) is 4.39 Å². The molecular formula is C15H15FN4O2S2. The highest BCUT2D eigenvalue weighted by molar-refractivity contribution is 8.01. The Bertz CT molecular complexity index is 781. The van der Waals surface area contributed by atoms with Gasteiger partial charge in [0.2, 0.25) is 11.8 Å². The van der Waals surface area contributed by atoms with Gasteiger partial charge in [0.15, 0.2) is 4.34 Å². The van der Waals surface area contributed by atoms with E-state index < -0.39 is 11.7 Å². The van der Waals surface area contributed by atoms with Crippen LogP contribution in [0.3, 0.4) is 0 Å². The van der Waals surface area contributed by atoms with E-state index >= 15 is 0 Å². The van der Waals surface area contributed by atoms with E-state index in [1.165, 1.54) is 41.3 Å². The summed E-state index contributed by atoms with van der Waals surface area (Å²) in [6.45, 7) is 2.32. The number of carbonyl (C=O) groups excluding carboxylic acids is 2. The summed E-state index contributed by atoms with van der Waals surface area (Å²) in [6.07, 6.45) is 0.0189. The fourth-order valence-electron chi connectivity index (χ4n) is 2.44. The van der Waals surface area contributed by atoms with Gasteiger partial charge in [-0.2, -0.15) is 0 Å². The molecular weight excluding hydrogens is 351 g/mol. The zero-order chi connectivity index (χ0) is 17.1. The minimum atomic E-state index is -0.668. The molecule has 1 aliphatic rings. The lowest BCUT2D eigenvalue weighted by atomic mass is 9.89. The van der Waals surface area contributed by atoms with Gasteiger partial charge in [0.1, 0.15) is 10.8 Å². The highest BCUT2D eigenvalue weighted by Gasteiger charge is 2.30. The minimum Gasteiger partial charge on any atom is -0.355 e. The van der Waals surface area contributed by atoms with Crippen LogP contribution < -0.4 is 10.6 Å². The standard InChI is InChI=1S/C15H15FN4O2S2/c1-8-19-20-15(24-8)23-5-4-17-14(22)11-7-13(21)18-12-3-2-9(16)6-10(11)12/h2-3,6,11H,4-5,7H2,1H3,(H,17,22)(H,18,21). The third-order valence-electron chi connectivity index (χ3n) is 3.50. The minimum absolute atomic E-state index is 0.0189. The molecule has 2 N–H and O–H groups in total. The average molecular weight is 366 g/mol. The lowest BCUT2D eigenvalue weighted by Crippen LogP contribution is -2.36. The van der Waals surface area contributed by atoms with Crippen molar-refractivity contribution in [3.05, 3.63) is 34.6 Å². The van der Waals surface area contributed by atoms with Crippen LogP contribution in [0.1, 0.15) is 22.9 Å². The van der Waals surface area contributed by atoms with Crippen LogP contribution in [0.25, 0.3) is 0 Å². The summed E-state index contributed by atoms with van der Waals surface area (Å²) in [7, 11) is 0. The quantitative estimate of drug-likeness (QED) is 0.627. The number of hydrogen-bond donors (Lipinski definition) is 2. The van der Waals surface area contributed by atoms with E-state index in [0.29, 0.717) is 23.5 Å². The van der Waals surface area contributed by atoms with Gasteiger partial charge in [0.05, 0.1) is 5.92 Å². The van der Waals surface area contributed by atoms with Gasteiger partial charge in [0.25, 0.3) is 0 Å². The number of halogens is 1. The molecule has 1 aromatic carbocycles. The molecule has 126 valence electrons. The smallest absolute Gasteiger partial charge is 0.228 e. The number of hydrogen-bond acceptors (Lipinski definition) is 6. The SMILES string of the molecule is Cc1nnc(SCCNC(=O)C2CC(=O)Nc3ccc(F)cc32)s1. The summed E-state index contributed by atoms with van der Waals surface area (Å²) in [6, 6.07) is 4.05. The predicted octanol–water partition coefficient (Wildman–Crippen LogP) is 2.32. The summed E-state index contributed by atoms with van der Waals surface area (Å²) in [5, 5.41) is 14.3. The fourth-order valence-corrected chi connectivity index (χ4v) is 4.18. The number of nitrogens with one attached hydrogen (secondary N) is 2. The molecule has 1 aliphatic heterocycles. The number of amides is 2. The van der Waals surface area contributed by atoms with Gasteiger partial charge < -0.3 is 10.6 Å². The van der Waals surface area contributed by atoms with Crippen LogP contribution in [-0.4, -0.2) is 34.3 Å². The van der Waals surface area contributed by atoms with Crippen LogP contribution in [0.15, 0.2) is 22.5 Å². The molecule has 0 saturated carbocycles. The first-order valence-corrected chi connectivity index (χ1v) is 9.13. The van der Waals surface area contributed by atoms with Crippen molar-refractivity contribution in [2.75, 3.05) is 17.6 Å². The third-order valence-corrected chi connectivity index (χ3v) is 5.48. The van der Waals surface area contributed by atoms with E-state index in [4.69, 9.17) is 0 Å². The Balaban J connectivity index is 1.59. The predicted molar refractivity (Wildman–Crippen MR) is 90.8 cm³/mol. The maximum absolute atomic E-state index is 13.5. The number of thioether (sulfide) groups is 1. The molecule has 2 heterocycles. The molecule has 0 saturated heterocycles. The molecule has 1 aromatic heterocycles. The average Bonchev–Trinajstić information content (AvgIpc) is 2.96. The molecule has 3 rings (SSSR count). The van der Waals surface area contributed by atoms with Crippen molar-refractivity contribution in [1.82, 2.24) is 15.5 Å². The summed E-state index contributed by atoms with van der Waals surface area (Å²) in [4.78, 5) is 24.1.